The van der Waals surface area contributed by atoms with E-state index in [9.17, 15) is 9.18 Å². The fourth-order valence-electron chi connectivity index (χ4n) is 6.00. The van der Waals surface area contributed by atoms with Gasteiger partial charge in [0.1, 0.15) is 12.1 Å². The van der Waals surface area contributed by atoms with Crippen LogP contribution in [-0.2, 0) is 32.5 Å². The van der Waals surface area contributed by atoms with E-state index < -0.39 is 0 Å². The van der Waals surface area contributed by atoms with Gasteiger partial charge in [0.2, 0.25) is 0 Å². The summed E-state index contributed by atoms with van der Waals surface area (Å²) in [6, 6.07) is 32.6. The molecule has 0 fully saturated rings. The van der Waals surface area contributed by atoms with Gasteiger partial charge in [-0.05, 0) is 86.4 Å². The Morgan fingerprint density at radius 2 is 1.02 bits per heavy atom. The van der Waals surface area contributed by atoms with E-state index in [0.29, 0.717) is 5.69 Å². The van der Waals surface area contributed by atoms with Crippen molar-refractivity contribution in [3.8, 4) is 6.07 Å². The van der Waals surface area contributed by atoms with E-state index in [1.54, 1.807) is 24.7 Å². The molecule has 6 nitrogen and oxygen atoms in total. The maximum Gasteiger partial charge on any atom is 0.150 e. The van der Waals surface area contributed by atoms with Crippen molar-refractivity contribution in [2.75, 3.05) is 0 Å². The fraction of sp³-hybridized carbons (Fsp3) is 0.414. The van der Waals surface area contributed by atoms with E-state index in [0.717, 1.165) is 44.8 Å². The standard InChI is InChI=1S/C11H13N.C11H14O.C9H12ClN.C9H12FN.2C9H13N/c2*1-11(2,3)10-7-5-4-6-9(10)8-12;1-9(2,3)7-6-11-5-4-8(7)10;1-9(2,3)8-7(10)5-4-6-11-8;1-9(2,3)8-5-4-6-10-7-8;1-9(2,3)8-6-4-5-7-10-8/h4-7H,1-3H3;4-8H,1-3H3;2*4-6H,1-3H3;2*4-7H,1-3H3. The summed E-state index contributed by atoms with van der Waals surface area (Å²) in [5.41, 5.74) is 8.28. The number of pyridine rings is 4. The van der Waals surface area contributed by atoms with E-state index in [4.69, 9.17) is 16.9 Å². The van der Waals surface area contributed by atoms with E-state index in [1.165, 1.54) is 11.6 Å². The third-order valence-corrected chi connectivity index (χ3v) is 10.1. The molecule has 0 N–H and O–H groups in total. The van der Waals surface area contributed by atoms with Crippen LogP contribution in [0.2, 0.25) is 5.02 Å². The molecule has 4 aromatic heterocycles. The summed E-state index contributed by atoms with van der Waals surface area (Å²) in [6.45, 7) is 37.9. The largest absolute Gasteiger partial charge is 0.298 e. The van der Waals surface area contributed by atoms with Crippen LogP contribution in [0.25, 0.3) is 0 Å². The zero-order valence-corrected chi connectivity index (χ0v) is 43.9. The van der Waals surface area contributed by atoms with Crippen LogP contribution in [-0.4, -0.2) is 26.2 Å². The monoisotopic (exact) mass is 914 g/mol. The molecule has 0 radical (unpaired) electrons. The van der Waals surface area contributed by atoms with E-state index >= 15 is 0 Å². The Bertz CT molecular complexity index is 2260. The summed E-state index contributed by atoms with van der Waals surface area (Å²) >= 11 is 5.97. The lowest BCUT2D eigenvalue weighted by Gasteiger charge is -2.20. The van der Waals surface area contributed by atoms with Gasteiger partial charge in [-0.2, -0.15) is 5.26 Å². The van der Waals surface area contributed by atoms with Gasteiger partial charge < -0.3 is 0 Å². The molecule has 6 rings (SSSR count). The van der Waals surface area contributed by atoms with Crippen LogP contribution in [0, 0.1) is 17.1 Å². The van der Waals surface area contributed by atoms with Gasteiger partial charge in [-0.15, -0.1) is 0 Å². The molecule has 0 aliphatic rings. The number of hydrogen-bond donors (Lipinski definition) is 0. The van der Waals surface area contributed by atoms with E-state index in [-0.39, 0.29) is 38.3 Å². The molecule has 0 aliphatic carbocycles. The molecule has 66 heavy (non-hydrogen) atoms. The lowest BCUT2D eigenvalue weighted by molar-refractivity contribution is 0.112. The van der Waals surface area contributed by atoms with Crippen molar-refractivity contribution in [3.05, 3.63) is 190 Å². The first-order valence-corrected chi connectivity index (χ1v) is 22.8. The number of carbonyl (C=O) groups is 1. The third-order valence-electron chi connectivity index (χ3n) is 9.76. The molecule has 0 saturated carbocycles. The Morgan fingerprint density at radius 3 is 1.36 bits per heavy atom. The van der Waals surface area contributed by atoms with Crippen LogP contribution in [0.4, 0.5) is 4.39 Å². The number of rotatable bonds is 1. The van der Waals surface area contributed by atoms with Gasteiger partial charge in [0, 0.05) is 64.3 Å². The minimum atomic E-state index is -0.222. The first-order valence-electron chi connectivity index (χ1n) is 22.4. The Kier molecular flexibility index (Phi) is 23.0. The van der Waals surface area contributed by atoms with E-state index in [2.05, 4.69) is 142 Å². The SMILES string of the molecule is CC(C)(C)c1ccccc1C#N.CC(C)(C)c1ccccc1C=O.CC(C)(C)c1ccccn1.CC(C)(C)c1cccnc1.CC(C)(C)c1cnccc1Cl.CC(C)(C)c1ncccc1F. The number of halogens is 2. The summed E-state index contributed by atoms with van der Waals surface area (Å²) in [5, 5.41) is 9.63. The second-order valence-electron chi connectivity index (χ2n) is 22.0. The molecule has 0 spiro atoms. The van der Waals surface area contributed by atoms with E-state index in [1.807, 2.05) is 112 Å². The number of aromatic nitrogens is 4. The van der Waals surface area contributed by atoms with Crippen molar-refractivity contribution >= 4 is 17.9 Å². The highest BCUT2D eigenvalue weighted by Crippen LogP contribution is 2.28. The smallest absolute Gasteiger partial charge is 0.150 e. The lowest BCUT2D eigenvalue weighted by atomic mass is 9.84. The van der Waals surface area contributed by atoms with Crippen LogP contribution in [0.5, 0.6) is 0 Å². The van der Waals surface area contributed by atoms with Gasteiger partial charge in [-0.25, -0.2) is 4.39 Å². The molecule has 6 aromatic rings. The molecular weight excluding hydrogens is 837 g/mol. The molecule has 2 aromatic carbocycles. The molecule has 0 unspecified atom stereocenters. The van der Waals surface area contributed by atoms with Crippen LogP contribution in [0.3, 0.4) is 0 Å². The van der Waals surface area contributed by atoms with Gasteiger partial charge in [0.25, 0.3) is 0 Å². The molecule has 0 atom stereocenters. The first kappa shape index (κ1) is 58.4. The number of carbonyl (C=O) groups excluding carboxylic acids is 1. The molecule has 4 heterocycles. The maximum atomic E-state index is 13.0. The highest BCUT2D eigenvalue weighted by molar-refractivity contribution is 6.31. The molecular formula is C58H77ClFN5O. The van der Waals surface area contributed by atoms with Gasteiger partial charge in [-0.1, -0.05) is 191 Å². The summed E-state index contributed by atoms with van der Waals surface area (Å²) in [4.78, 5) is 27.0. The Morgan fingerprint density at radius 1 is 0.500 bits per heavy atom. The molecule has 0 aliphatic heterocycles. The molecule has 0 bridgehead atoms. The van der Waals surface area contributed by atoms with Gasteiger partial charge >= 0.3 is 0 Å². The number of benzene rings is 2. The summed E-state index contributed by atoms with van der Waals surface area (Å²) < 4.78 is 13.0. The highest BCUT2D eigenvalue weighted by atomic mass is 35.5. The molecule has 8 heteroatoms. The topological polar surface area (TPSA) is 92.4 Å². The number of hydrogen-bond acceptors (Lipinski definition) is 6. The molecule has 354 valence electrons. The lowest BCUT2D eigenvalue weighted by Crippen LogP contribution is -2.15. The Labute approximate surface area is 403 Å². The quantitative estimate of drug-likeness (QED) is 0.153. The second kappa shape index (κ2) is 25.9. The Balaban J connectivity index is 0.000000397. The predicted octanol–water partition coefficient (Wildman–Crippen LogP) is 16.0. The maximum absolute atomic E-state index is 13.0. The highest BCUT2D eigenvalue weighted by Gasteiger charge is 2.20. The summed E-state index contributed by atoms with van der Waals surface area (Å²) in [6.07, 6.45) is 11.6. The second-order valence-corrected chi connectivity index (χ2v) is 22.4. The normalized spacial score (nSPS) is 11.4. The number of nitriles is 1. The summed E-state index contributed by atoms with van der Waals surface area (Å²) in [5.74, 6) is -0.222. The average molecular weight is 915 g/mol. The van der Waals surface area contributed by atoms with Crippen molar-refractivity contribution in [1.29, 1.82) is 5.26 Å². The van der Waals surface area contributed by atoms with Crippen LogP contribution in [0.1, 0.15) is 174 Å². The summed E-state index contributed by atoms with van der Waals surface area (Å²) in [7, 11) is 0. The zero-order valence-electron chi connectivity index (χ0n) is 43.2. The van der Waals surface area contributed by atoms with Crippen molar-refractivity contribution < 1.29 is 9.18 Å². The zero-order chi connectivity index (χ0) is 50.6. The van der Waals surface area contributed by atoms with Crippen molar-refractivity contribution in [2.24, 2.45) is 0 Å². The first-order chi connectivity index (χ1) is 30.3. The fourth-order valence-corrected chi connectivity index (χ4v) is 6.39. The van der Waals surface area contributed by atoms with Crippen molar-refractivity contribution in [1.82, 2.24) is 19.9 Å². The Hall–Kier alpha value is -5.58. The third kappa shape index (κ3) is 21.6. The minimum absolute atomic E-state index is 0.0531. The van der Waals surface area contributed by atoms with Gasteiger partial charge in [-0.3, -0.25) is 24.7 Å². The van der Waals surface area contributed by atoms with Crippen LogP contribution >= 0.6 is 11.6 Å². The molecule has 0 saturated heterocycles. The van der Waals surface area contributed by atoms with Crippen molar-refractivity contribution in [2.45, 2.75) is 157 Å². The number of aldehydes is 1. The minimum Gasteiger partial charge on any atom is -0.298 e. The number of nitrogens with zero attached hydrogens (tertiary/aromatic N) is 5. The predicted molar refractivity (Wildman–Crippen MR) is 277 cm³/mol. The average Bonchev–Trinajstić information content (AvgIpc) is 3.24. The van der Waals surface area contributed by atoms with Gasteiger partial charge in [0.05, 0.1) is 17.3 Å². The van der Waals surface area contributed by atoms with Crippen LogP contribution < -0.4 is 0 Å². The van der Waals surface area contributed by atoms with Crippen molar-refractivity contribution in [3.63, 3.8) is 0 Å². The van der Waals surface area contributed by atoms with Gasteiger partial charge in [0.15, 0.2) is 0 Å². The molecule has 0 amide bonds. The van der Waals surface area contributed by atoms with Crippen LogP contribution in [0.15, 0.2) is 134 Å².